The minimum Gasteiger partial charge on any atom is -0.454 e. The Morgan fingerprint density at radius 1 is 1.04 bits per heavy atom. The van der Waals surface area contributed by atoms with Gasteiger partial charge in [0.05, 0.1) is 17.7 Å². The molecule has 6 nitrogen and oxygen atoms in total. The molecule has 2 aliphatic rings. The lowest BCUT2D eigenvalue weighted by atomic mass is 9.85. The van der Waals surface area contributed by atoms with Crippen LogP contribution in [0, 0.1) is 0 Å². The quantitative estimate of drug-likeness (QED) is 0.728. The highest BCUT2D eigenvalue weighted by Gasteiger charge is 2.34. The summed E-state index contributed by atoms with van der Waals surface area (Å²) < 4.78 is 16.2. The maximum atomic E-state index is 12.1. The zero-order valence-electron chi connectivity index (χ0n) is 13.2. The molecule has 0 saturated heterocycles. The second-order valence-electron chi connectivity index (χ2n) is 6.03. The Bertz CT molecular complexity index is 965. The number of ether oxygens (including phenoxy) is 3. The molecule has 0 unspecified atom stereocenters. The van der Waals surface area contributed by atoms with Crippen LogP contribution in [-0.2, 0) is 4.79 Å². The first-order valence-corrected chi connectivity index (χ1v) is 8.03. The van der Waals surface area contributed by atoms with Crippen molar-refractivity contribution in [3.63, 3.8) is 0 Å². The fraction of sp³-hybridized carbons (Fsp3) is 0.158. The molecule has 3 aromatic rings. The summed E-state index contributed by atoms with van der Waals surface area (Å²) in [6.07, 6.45) is 0.256. The van der Waals surface area contributed by atoms with E-state index in [9.17, 15) is 4.79 Å². The van der Waals surface area contributed by atoms with Gasteiger partial charge in [-0.1, -0.05) is 36.4 Å². The molecule has 2 aromatic carbocycles. The van der Waals surface area contributed by atoms with E-state index in [0.717, 1.165) is 28.1 Å². The third kappa shape index (κ3) is 2.26. The van der Waals surface area contributed by atoms with Gasteiger partial charge in [0.2, 0.25) is 12.7 Å². The monoisotopic (exact) mass is 334 g/mol. The number of esters is 1. The van der Waals surface area contributed by atoms with Crippen LogP contribution in [-0.4, -0.2) is 23.0 Å². The Kier molecular flexibility index (Phi) is 3.03. The van der Waals surface area contributed by atoms with Gasteiger partial charge in [-0.25, -0.2) is 0 Å². The van der Waals surface area contributed by atoms with Gasteiger partial charge in [0.15, 0.2) is 11.5 Å². The van der Waals surface area contributed by atoms with E-state index in [1.807, 2.05) is 48.5 Å². The Morgan fingerprint density at radius 3 is 2.76 bits per heavy atom. The number of aromatic amines is 1. The molecule has 5 rings (SSSR count). The second-order valence-corrected chi connectivity index (χ2v) is 6.03. The number of hydrogen-bond acceptors (Lipinski definition) is 5. The van der Waals surface area contributed by atoms with Gasteiger partial charge >= 0.3 is 5.97 Å². The van der Waals surface area contributed by atoms with E-state index < -0.39 is 0 Å². The third-order valence-corrected chi connectivity index (χ3v) is 4.56. The molecular formula is C19H14N2O4. The molecule has 0 spiro atoms. The number of carbonyl (C=O) groups is 1. The third-order valence-electron chi connectivity index (χ3n) is 4.56. The molecule has 1 aromatic heterocycles. The summed E-state index contributed by atoms with van der Waals surface area (Å²) in [6.45, 7) is 0.220. The largest absolute Gasteiger partial charge is 0.454 e. The van der Waals surface area contributed by atoms with Gasteiger partial charge < -0.3 is 14.2 Å². The summed E-state index contributed by atoms with van der Waals surface area (Å²) in [6, 6.07) is 15.7. The van der Waals surface area contributed by atoms with E-state index in [-0.39, 0.29) is 25.1 Å². The van der Waals surface area contributed by atoms with Gasteiger partial charge in [0, 0.05) is 5.92 Å². The lowest BCUT2D eigenvalue weighted by Gasteiger charge is -2.22. The van der Waals surface area contributed by atoms with Crippen LogP contribution in [0.3, 0.4) is 0 Å². The molecule has 1 atom stereocenters. The van der Waals surface area contributed by atoms with Crippen molar-refractivity contribution in [2.75, 3.05) is 6.79 Å². The highest BCUT2D eigenvalue weighted by Crippen LogP contribution is 2.45. The predicted molar refractivity (Wildman–Crippen MR) is 88.7 cm³/mol. The highest BCUT2D eigenvalue weighted by molar-refractivity contribution is 5.80. The molecule has 0 saturated carbocycles. The first-order valence-electron chi connectivity index (χ1n) is 8.03. The van der Waals surface area contributed by atoms with Crippen LogP contribution < -0.4 is 14.2 Å². The number of hydrogen-bond donors (Lipinski definition) is 1. The number of nitrogens with zero attached hydrogens (tertiary/aromatic N) is 1. The minimum absolute atomic E-state index is 0.153. The summed E-state index contributed by atoms with van der Waals surface area (Å²) in [4.78, 5) is 12.1. The van der Waals surface area contributed by atoms with Crippen LogP contribution in [0.2, 0.25) is 0 Å². The van der Waals surface area contributed by atoms with E-state index in [0.29, 0.717) is 11.6 Å². The first-order chi connectivity index (χ1) is 12.3. The normalized spacial score (nSPS) is 17.9. The first kappa shape index (κ1) is 14.1. The van der Waals surface area contributed by atoms with Crippen molar-refractivity contribution >= 4 is 5.97 Å². The van der Waals surface area contributed by atoms with Gasteiger partial charge in [-0.2, -0.15) is 0 Å². The molecule has 0 bridgehead atoms. The van der Waals surface area contributed by atoms with Crippen LogP contribution in [0.4, 0.5) is 0 Å². The molecule has 1 N–H and O–H groups in total. The molecule has 0 aliphatic carbocycles. The summed E-state index contributed by atoms with van der Waals surface area (Å²) >= 11 is 0. The molecule has 124 valence electrons. The summed E-state index contributed by atoms with van der Waals surface area (Å²) in [7, 11) is 0. The van der Waals surface area contributed by atoms with Gasteiger partial charge in [-0.15, -0.1) is 5.10 Å². The van der Waals surface area contributed by atoms with Crippen molar-refractivity contribution in [3.8, 4) is 28.6 Å². The summed E-state index contributed by atoms with van der Waals surface area (Å²) in [5.74, 6) is 1.32. The Hall–Kier alpha value is -3.28. The van der Waals surface area contributed by atoms with Crippen molar-refractivity contribution in [1.29, 1.82) is 0 Å². The van der Waals surface area contributed by atoms with Crippen molar-refractivity contribution < 1.29 is 19.0 Å². The number of H-pyrrole nitrogens is 1. The van der Waals surface area contributed by atoms with Crippen LogP contribution in [0.25, 0.3) is 11.3 Å². The number of carbonyl (C=O) groups excluding carboxylic acids is 1. The maximum absolute atomic E-state index is 12.1. The highest BCUT2D eigenvalue weighted by atomic mass is 16.7. The summed E-state index contributed by atoms with van der Waals surface area (Å²) in [5.41, 5.74) is 3.73. The van der Waals surface area contributed by atoms with Crippen LogP contribution in [0.1, 0.15) is 23.5 Å². The smallest absolute Gasteiger partial charge is 0.313 e. The SMILES string of the molecule is O=C1C[C@@H](c2ccc3c(c2)OCO3)c2c(n[nH]c2-c2ccccc2)O1. The molecular weight excluding hydrogens is 320 g/mol. The van der Waals surface area contributed by atoms with Gasteiger partial charge in [0.1, 0.15) is 0 Å². The van der Waals surface area contributed by atoms with Gasteiger partial charge in [-0.05, 0) is 23.3 Å². The lowest BCUT2D eigenvalue weighted by Crippen LogP contribution is -2.20. The number of rotatable bonds is 2. The topological polar surface area (TPSA) is 73.4 Å². The number of fused-ring (bicyclic) bond motifs is 2. The fourth-order valence-electron chi connectivity index (χ4n) is 3.39. The van der Waals surface area contributed by atoms with Crippen molar-refractivity contribution in [2.45, 2.75) is 12.3 Å². The molecule has 25 heavy (non-hydrogen) atoms. The van der Waals surface area contributed by atoms with Crippen LogP contribution in [0.15, 0.2) is 48.5 Å². The zero-order chi connectivity index (χ0) is 16.8. The minimum atomic E-state index is -0.290. The number of aromatic nitrogens is 2. The number of nitrogens with one attached hydrogen (secondary N) is 1. The van der Waals surface area contributed by atoms with E-state index in [4.69, 9.17) is 14.2 Å². The summed E-state index contributed by atoms with van der Waals surface area (Å²) in [5, 5.41) is 7.23. The molecule has 2 aliphatic heterocycles. The predicted octanol–water partition coefficient (Wildman–Crippen LogP) is 3.25. The molecule has 0 amide bonds. The van der Waals surface area contributed by atoms with E-state index in [1.165, 1.54) is 0 Å². The average Bonchev–Trinajstić information content (AvgIpc) is 3.27. The van der Waals surface area contributed by atoms with Gasteiger partial charge in [0.25, 0.3) is 0 Å². The molecule has 6 heteroatoms. The van der Waals surface area contributed by atoms with Crippen molar-refractivity contribution in [3.05, 3.63) is 59.7 Å². The van der Waals surface area contributed by atoms with Crippen LogP contribution in [0.5, 0.6) is 17.4 Å². The standard InChI is InChI=1S/C19H14N2O4/c22-16-9-13(12-6-7-14-15(8-12)24-10-23-14)17-18(20-21-19(17)25-16)11-4-2-1-3-5-11/h1-8,13H,9-10H2,(H,20,21)/t13-/m0/s1. The Balaban J connectivity index is 1.65. The number of benzene rings is 2. The lowest BCUT2D eigenvalue weighted by molar-refractivity contribution is -0.135. The van der Waals surface area contributed by atoms with Crippen LogP contribution >= 0.6 is 0 Å². The zero-order valence-corrected chi connectivity index (χ0v) is 13.2. The Morgan fingerprint density at radius 2 is 1.88 bits per heavy atom. The average molecular weight is 334 g/mol. The Labute approximate surface area is 143 Å². The van der Waals surface area contributed by atoms with Crippen molar-refractivity contribution in [2.24, 2.45) is 0 Å². The van der Waals surface area contributed by atoms with E-state index in [2.05, 4.69) is 10.2 Å². The molecule has 3 heterocycles. The second kappa shape index (κ2) is 5.37. The van der Waals surface area contributed by atoms with Gasteiger partial charge in [-0.3, -0.25) is 9.89 Å². The van der Waals surface area contributed by atoms with E-state index >= 15 is 0 Å². The van der Waals surface area contributed by atoms with Crippen molar-refractivity contribution in [1.82, 2.24) is 10.2 Å². The molecule has 0 radical (unpaired) electrons. The van der Waals surface area contributed by atoms with E-state index in [1.54, 1.807) is 0 Å². The maximum Gasteiger partial charge on any atom is 0.313 e. The molecule has 0 fully saturated rings. The fourth-order valence-corrected chi connectivity index (χ4v) is 3.39.